The first-order chi connectivity index (χ1) is 10.0. The van der Waals surface area contributed by atoms with E-state index in [1.807, 2.05) is 24.3 Å². The first kappa shape index (κ1) is 17.6. The van der Waals surface area contributed by atoms with Crippen molar-refractivity contribution in [2.45, 2.75) is 12.5 Å². The van der Waals surface area contributed by atoms with Gasteiger partial charge >= 0.3 is 0 Å². The fourth-order valence-corrected chi connectivity index (χ4v) is 2.11. The van der Waals surface area contributed by atoms with Crippen LogP contribution in [0.4, 0.5) is 0 Å². The van der Waals surface area contributed by atoms with E-state index in [1.165, 1.54) is 0 Å². The summed E-state index contributed by atoms with van der Waals surface area (Å²) in [7, 11) is 1.55. The van der Waals surface area contributed by atoms with Crippen LogP contribution < -0.4 is 11.1 Å². The molecule has 0 aliphatic carbocycles. The van der Waals surface area contributed by atoms with Crippen molar-refractivity contribution < 1.29 is 19.1 Å². The number of nitrogens with one attached hydrogen (secondary N) is 1. The summed E-state index contributed by atoms with van der Waals surface area (Å²) in [5, 5.41) is 2.57. The van der Waals surface area contributed by atoms with Crippen LogP contribution in [-0.2, 0) is 25.5 Å². The summed E-state index contributed by atoms with van der Waals surface area (Å²) in [6.45, 7) is 0.590. The molecule has 0 heterocycles. The van der Waals surface area contributed by atoms with E-state index in [2.05, 4.69) is 21.2 Å². The highest BCUT2D eigenvalue weighted by molar-refractivity contribution is 9.10. The molecule has 0 aromatic heterocycles. The van der Waals surface area contributed by atoms with Crippen molar-refractivity contribution in [1.29, 1.82) is 0 Å². The Balaban J connectivity index is 2.50. The molecule has 2 amide bonds. The van der Waals surface area contributed by atoms with Crippen molar-refractivity contribution in [3.05, 3.63) is 34.3 Å². The van der Waals surface area contributed by atoms with Crippen molar-refractivity contribution in [3.63, 3.8) is 0 Å². The zero-order valence-corrected chi connectivity index (χ0v) is 13.4. The number of methoxy groups -OCH3 is 1. The van der Waals surface area contributed by atoms with E-state index in [9.17, 15) is 9.59 Å². The van der Waals surface area contributed by atoms with Crippen LogP contribution in [0.15, 0.2) is 28.7 Å². The van der Waals surface area contributed by atoms with Crippen LogP contribution in [0.2, 0.25) is 0 Å². The second-order valence-corrected chi connectivity index (χ2v) is 5.32. The molecular weight excluding hydrogens is 340 g/mol. The van der Waals surface area contributed by atoms with Crippen LogP contribution in [0.1, 0.15) is 5.56 Å². The van der Waals surface area contributed by atoms with E-state index in [0.29, 0.717) is 19.6 Å². The normalized spacial score (nSPS) is 11.9. The molecule has 7 heteroatoms. The molecule has 21 heavy (non-hydrogen) atoms. The quantitative estimate of drug-likeness (QED) is 0.633. The number of nitrogens with two attached hydrogens (primary N) is 1. The number of hydrogen-bond donors (Lipinski definition) is 2. The maximum absolute atomic E-state index is 11.7. The summed E-state index contributed by atoms with van der Waals surface area (Å²) in [5.41, 5.74) is 6.22. The molecule has 116 valence electrons. The first-order valence-corrected chi connectivity index (χ1v) is 7.22. The van der Waals surface area contributed by atoms with Crippen LogP contribution in [0.3, 0.4) is 0 Å². The molecule has 0 unspecified atom stereocenters. The number of ether oxygens (including phenoxy) is 2. The number of benzene rings is 1. The van der Waals surface area contributed by atoms with Gasteiger partial charge in [0, 0.05) is 18.0 Å². The largest absolute Gasteiger partial charge is 0.382 e. The van der Waals surface area contributed by atoms with Crippen LogP contribution in [0.25, 0.3) is 0 Å². The van der Waals surface area contributed by atoms with E-state index in [0.717, 1.165) is 10.0 Å². The third kappa shape index (κ3) is 7.22. The zero-order valence-electron chi connectivity index (χ0n) is 11.8. The smallest absolute Gasteiger partial charge is 0.246 e. The van der Waals surface area contributed by atoms with Gasteiger partial charge in [0.1, 0.15) is 12.6 Å². The van der Waals surface area contributed by atoms with Crippen LogP contribution in [-0.4, -0.2) is 44.8 Å². The summed E-state index contributed by atoms with van der Waals surface area (Å²) in [6, 6.07) is 6.70. The molecule has 1 aromatic carbocycles. The van der Waals surface area contributed by atoms with E-state index < -0.39 is 11.9 Å². The Morgan fingerprint density at radius 3 is 2.76 bits per heavy atom. The Hall–Kier alpha value is -1.44. The Labute approximate surface area is 132 Å². The summed E-state index contributed by atoms with van der Waals surface area (Å²) < 4.78 is 10.8. The van der Waals surface area contributed by atoms with Gasteiger partial charge in [0.15, 0.2) is 0 Å². The minimum Gasteiger partial charge on any atom is -0.382 e. The van der Waals surface area contributed by atoms with E-state index in [1.54, 1.807) is 7.11 Å². The number of rotatable bonds is 9. The number of primary amides is 1. The van der Waals surface area contributed by atoms with Crippen LogP contribution in [0, 0.1) is 0 Å². The van der Waals surface area contributed by atoms with Crippen molar-refractivity contribution in [1.82, 2.24) is 5.32 Å². The monoisotopic (exact) mass is 358 g/mol. The molecule has 0 radical (unpaired) electrons. The third-order valence-corrected chi connectivity index (χ3v) is 3.17. The molecule has 6 nitrogen and oxygen atoms in total. The average molecular weight is 359 g/mol. The molecular formula is C14H19BrN2O4. The summed E-state index contributed by atoms with van der Waals surface area (Å²) in [4.78, 5) is 23.1. The van der Waals surface area contributed by atoms with Crippen molar-refractivity contribution in [2.75, 3.05) is 26.9 Å². The Kier molecular flexibility index (Phi) is 7.96. The molecule has 0 bridgehead atoms. The van der Waals surface area contributed by atoms with Crippen molar-refractivity contribution in [3.8, 4) is 0 Å². The number of carbonyl (C=O) groups excluding carboxylic acids is 2. The summed E-state index contributed by atoms with van der Waals surface area (Å²) >= 11 is 3.35. The van der Waals surface area contributed by atoms with Gasteiger partial charge in [-0.25, -0.2) is 0 Å². The molecule has 0 fully saturated rings. The summed E-state index contributed by atoms with van der Waals surface area (Å²) in [5.74, 6) is -0.967. The third-order valence-electron chi connectivity index (χ3n) is 2.67. The Bertz CT molecular complexity index is 482. The van der Waals surface area contributed by atoms with Gasteiger partial charge in [-0.15, -0.1) is 0 Å². The number of carbonyl (C=O) groups is 2. The number of hydrogen-bond acceptors (Lipinski definition) is 4. The maximum Gasteiger partial charge on any atom is 0.246 e. The molecule has 1 atom stereocenters. The molecule has 0 saturated heterocycles. The SMILES string of the molecule is COCCOCC(=O)N[C@@H](Cc1cccc(Br)c1)C(N)=O. The maximum atomic E-state index is 11.7. The molecule has 0 aliphatic rings. The predicted molar refractivity (Wildman–Crippen MR) is 81.7 cm³/mol. The highest BCUT2D eigenvalue weighted by atomic mass is 79.9. The minimum atomic E-state index is -0.766. The Morgan fingerprint density at radius 1 is 1.38 bits per heavy atom. The molecule has 0 saturated carbocycles. The van der Waals surface area contributed by atoms with E-state index >= 15 is 0 Å². The fraction of sp³-hybridized carbons (Fsp3) is 0.429. The van der Waals surface area contributed by atoms with Gasteiger partial charge in [-0.05, 0) is 17.7 Å². The van der Waals surface area contributed by atoms with E-state index in [-0.39, 0.29) is 12.5 Å². The van der Waals surface area contributed by atoms with Gasteiger partial charge in [-0.3, -0.25) is 9.59 Å². The minimum absolute atomic E-state index is 0.133. The fourth-order valence-electron chi connectivity index (χ4n) is 1.67. The molecule has 0 spiro atoms. The highest BCUT2D eigenvalue weighted by Crippen LogP contribution is 2.13. The number of amides is 2. The van der Waals surface area contributed by atoms with Crippen LogP contribution >= 0.6 is 15.9 Å². The van der Waals surface area contributed by atoms with Gasteiger partial charge in [-0.1, -0.05) is 28.1 Å². The standard InChI is InChI=1S/C14H19BrN2O4/c1-20-5-6-21-9-13(18)17-12(14(16)19)8-10-3-2-4-11(15)7-10/h2-4,7,12H,5-6,8-9H2,1H3,(H2,16,19)(H,17,18)/t12-/m0/s1. The van der Waals surface area contributed by atoms with Gasteiger partial charge in [0.05, 0.1) is 13.2 Å². The molecule has 1 aromatic rings. The van der Waals surface area contributed by atoms with Crippen LogP contribution in [0.5, 0.6) is 0 Å². The second kappa shape index (κ2) is 9.49. The lowest BCUT2D eigenvalue weighted by Crippen LogP contribution is -2.47. The predicted octanol–water partition coefficient (Wildman–Crippen LogP) is 0.625. The van der Waals surface area contributed by atoms with Gasteiger partial charge in [-0.2, -0.15) is 0 Å². The molecule has 0 aliphatic heterocycles. The topological polar surface area (TPSA) is 90.7 Å². The lowest BCUT2D eigenvalue weighted by atomic mass is 10.1. The molecule has 3 N–H and O–H groups in total. The van der Waals surface area contributed by atoms with Crippen molar-refractivity contribution >= 4 is 27.7 Å². The first-order valence-electron chi connectivity index (χ1n) is 6.42. The molecule has 1 rings (SSSR count). The lowest BCUT2D eigenvalue weighted by molar-refractivity contribution is -0.130. The van der Waals surface area contributed by atoms with Gasteiger partial charge in [0.25, 0.3) is 0 Å². The van der Waals surface area contributed by atoms with E-state index in [4.69, 9.17) is 15.2 Å². The number of halogens is 1. The highest BCUT2D eigenvalue weighted by Gasteiger charge is 2.18. The summed E-state index contributed by atoms with van der Waals surface area (Å²) in [6.07, 6.45) is 0.332. The zero-order chi connectivity index (χ0) is 15.7. The lowest BCUT2D eigenvalue weighted by Gasteiger charge is -2.16. The van der Waals surface area contributed by atoms with Gasteiger partial charge in [0.2, 0.25) is 11.8 Å². The second-order valence-electron chi connectivity index (χ2n) is 4.40. The van der Waals surface area contributed by atoms with Gasteiger partial charge < -0.3 is 20.5 Å². The van der Waals surface area contributed by atoms with Crippen molar-refractivity contribution in [2.24, 2.45) is 5.73 Å². The average Bonchev–Trinajstić information content (AvgIpc) is 2.43. The Morgan fingerprint density at radius 2 is 2.14 bits per heavy atom.